The maximum atomic E-state index is 12.9. The van der Waals surface area contributed by atoms with Gasteiger partial charge in [-0.2, -0.15) is 8.42 Å². The fraction of sp³-hybridized carbons (Fsp3) is 0.929. The molecular weight excluding hydrogens is 727 g/mol. The molecule has 1 rings (SSSR count). The van der Waals surface area contributed by atoms with Crippen molar-refractivity contribution < 1.29 is 51.8 Å². The number of aliphatic hydroxyl groups excluding tert-OH is 4. The fourth-order valence-corrected chi connectivity index (χ4v) is 7.61. The Hall–Kier alpha value is -1.16. The van der Waals surface area contributed by atoms with Gasteiger partial charge in [0.1, 0.15) is 24.4 Å². The molecule has 1 fully saturated rings. The van der Waals surface area contributed by atoms with Crippen molar-refractivity contribution >= 4 is 16.3 Å². The zero-order valence-electron chi connectivity index (χ0n) is 34.5. The van der Waals surface area contributed by atoms with E-state index in [1.165, 1.54) is 128 Å². The number of amides is 1. The van der Waals surface area contributed by atoms with E-state index in [-0.39, 0.29) is 18.9 Å². The normalized spacial score (nSPS) is 21.6. The minimum absolute atomic E-state index is 0.264. The molecule has 0 radical (unpaired) electrons. The molecule has 12 nitrogen and oxygen atoms in total. The summed E-state index contributed by atoms with van der Waals surface area (Å²) in [7, 11) is -5.08. The summed E-state index contributed by atoms with van der Waals surface area (Å²) in [5.74, 6) is -0.264. The lowest BCUT2D eigenvalue weighted by Crippen LogP contribution is -2.61. The summed E-state index contributed by atoms with van der Waals surface area (Å²) in [6.45, 7) is 3.36. The quantitative estimate of drug-likeness (QED) is 0.0203. The molecule has 326 valence electrons. The third-order valence-corrected chi connectivity index (χ3v) is 11.0. The Bertz CT molecular complexity index is 1050. The largest absolute Gasteiger partial charge is 0.397 e. The molecular formula is C42H81NO11S. The monoisotopic (exact) mass is 808 g/mol. The van der Waals surface area contributed by atoms with E-state index in [2.05, 4.69) is 23.3 Å². The van der Waals surface area contributed by atoms with Crippen molar-refractivity contribution in [3.05, 3.63) is 12.2 Å². The number of ether oxygens (including phenoxy) is 2. The van der Waals surface area contributed by atoms with Gasteiger partial charge in [0.25, 0.3) is 0 Å². The van der Waals surface area contributed by atoms with Crippen LogP contribution in [0.5, 0.6) is 0 Å². The number of allylic oxidation sites excluding steroid dienone is 1. The van der Waals surface area contributed by atoms with Crippen LogP contribution in [0.1, 0.15) is 194 Å². The van der Waals surface area contributed by atoms with E-state index in [1.54, 1.807) is 6.08 Å². The summed E-state index contributed by atoms with van der Waals surface area (Å²) in [6.07, 6.45) is 26.9. The van der Waals surface area contributed by atoms with Gasteiger partial charge in [-0.15, -0.1) is 0 Å². The number of rotatable bonds is 37. The van der Waals surface area contributed by atoms with Gasteiger partial charge >= 0.3 is 10.4 Å². The molecule has 1 saturated heterocycles. The summed E-state index contributed by atoms with van der Waals surface area (Å²) < 4.78 is 47.5. The van der Waals surface area contributed by atoms with Crippen molar-refractivity contribution in [2.75, 3.05) is 13.2 Å². The first-order chi connectivity index (χ1) is 26.5. The van der Waals surface area contributed by atoms with E-state index >= 15 is 0 Å². The smallest absolute Gasteiger partial charge is 0.394 e. The SMILES string of the molecule is CCCCCCCCCCCCCCCCCC/C=C/C(O)C(COC1OC(CO)C(O)C(OS(=O)(=O)O)C1O)NC(=O)CCCCCCCCCCCC. The van der Waals surface area contributed by atoms with Crippen LogP contribution >= 0.6 is 0 Å². The van der Waals surface area contributed by atoms with Crippen molar-refractivity contribution in [2.24, 2.45) is 0 Å². The summed E-state index contributed by atoms with van der Waals surface area (Å²) in [5, 5.41) is 44.6. The third kappa shape index (κ3) is 27.2. The summed E-state index contributed by atoms with van der Waals surface area (Å²) in [5.41, 5.74) is 0. The highest BCUT2D eigenvalue weighted by Gasteiger charge is 2.48. The third-order valence-electron chi connectivity index (χ3n) is 10.6. The number of hydrogen-bond acceptors (Lipinski definition) is 10. The second kappa shape index (κ2) is 33.8. The average Bonchev–Trinajstić information content (AvgIpc) is 3.15. The zero-order valence-corrected chi connectivity index (χ0v) is 35.3. The van der Waals surface area contributed by atoms with Crippen LogP contribution in [0.15, 0.2) is 12.2 Å². The first-order valence-electron chi connectivity index (χ1n) is 22.1. The zero-order chi connectivity index (χ0) is 40.6. The highest BCUT2D eigenvalue weighted by Crippen LogP contribution is 2.26. The summed E-state index contributed by atoms with van der Waals surface area (Å²) in [6, 6.07) is -0.936. The maximum absolute atomic E-state index is 12.9. The number of unbranched alkanes of at least 4 members (excludes halogenated alkanes) is 25. The van der Waals surface area contributed by atoms with Crippen molar-refractivity contribution in [3.63, 3.8) is 0 Å². The standard InChI is InChI=1S/C42H81NO11S/c1-3-5-7-9-11-13-15-16-17-18-19-20-21-22-23-25-27-29-31-36(45)35(43-38(46)32-30-28-26-24-14-12-10-8-6-4-2)34-52-42-40(48)41(54-55(49,50)51)39(47)37(33-44)53-42/h29,31,35-37,39-42,44-45,47-48H,3-28,30,32-34H2,1-2H3,(H,43,46)(H,49,50,51)/b31-29+. The molecule has 0 spiro atoms. The Labute approximate surface area is 334 Å². The van der Waals surface area contributed by atoms with E-state index < -0.39 is 59.9 Å². The van der Waals surface area contributed by atoms with Crippen LogP contribution in [0.4, 0.5) is 0 Å². The second-order valence-corrected chi connectivity index (χ2v) is 16.7. The second-order valence-electron chi connectivity index (χ2n) is 15.6. The lowest BCUT2D eigenvalue weighted by molar-refractivity contribution is -0.298. The predicted molar refractivity (Wildman–Crippen MR) is 218 cm³/mol. The Kier molecular flexibility index (Phi) is 31.8. The van der Waals surface area contributed by atoms with Gasteiger partial charge in [-0.1, -0.05) is 180 Å². The van der Waals surface area contributed by atoms with Gasteiger partial charge in [0.05, 0.1) is 25.4 Å². The molecule has 1 amide bonds. The lowest BCUT2D eigenvalue weighted by Gasteiger charge is -2.41. The van der Waals surface area contributed by atoms with Crippen LogP contribution in [0.25, 0.3) is 0 Å². The van der Waals surface area contributed by atoms with E-state index in [0.717, 1.165) is 38.5 Å². The Morgan fingerprint density at radius 2 is 1.15 bits per heavy atom. The molecule has 0 aliphatic carbocycles. The molecule has 0 aromatic rings. The molecule has 13 heteroatoms. The first kappa shape index (κ1) is 51.9. The van der Waals surface area contributed by atoms with Crippen molar-refractivity contribution in [1.82, 2.24) is 5.32 Å². The number of carbonyl (C=O) groups excluding carboxylic acids is 1. The Balaban J connectivity index is 2.53. The Morgan fingerprint density at radius 3 is 1.58 bits per heavy atom. The van der Waals surface area contributed by atoms with Gasteiger partial charge in [0.15, 0.2) is 6.29 Å². The topological polar surface area (TPSA) is 192 Å². The number of nitrogens with one attached hydrogen (secondary N) is 1. The number of aliphatic hydroxyl groups is 4. The number of carbonyl (C=O) groups is 1. The van der Waals surface area contributed by atoms with Gasteiger partial charge < -0.3 is 35.2 Å². The van der Waals surface area contributed by atoms with Crippen LogP contribution in [0.2, 0.25) is 0 Å². The number of hydrogen-bond donors (Lipinski definition) is 6. The van der Waals surface area contributed by atoms with Crippen molar-refractivity contribution in [3.8, 4) is 0 Å². The minimum atomic E-state index is -5.08. The van der Waals surface area contributed by atoms with Crippen LogP contribution in [0.3, 0.4) is 0 Å². The van der Waals surface area contributed by atoms with E-state index in [0.29, 0.717) is 6.42 Å². The predicted octanol–water partition coefficient (Wildman–Crippen LogP) is 7.99. The molecule has 1 heterocycles. The minimum Gasteiger partial charge on any atom is -0.394 e. The van der Waals surface area contributed by atoms with E-state index in [1.807, 2.05) is 6.08 Å². The molecule has 7 unspecified atom stereocenters. The van der Waals surface area contributed by atoms with E-state index in [4.69, 9.17) is 14.0 Å². The molecule has 0 bridgehead atoms. The molecule has 0 aromatic carbocycles. The lowest BCUT2D eigenvalue weighted by atomic mass is 9.99. The van der Waals surface area contributed by atoms with Crippen LogP contribution in [0, 0.1) is 0 Å². The summed E-state index contributed by atoms with van der Waals surface area (Å²) >= 11 is 0. The van der Waals surface area contributed by atoms with Gasteiger partial charge in [-0.25, -0.2) is 4.18 Å². The van der Waals surface area contributed by atoms with Crippen LogP contribution in [-0.4, -0.2) is 95.4 Å². The van der Waals surface area contributed by atoms with Crippen molar-refractivity contribution in [2.45, 2.75) is 236 Å². The van der Waals surface area contributed by atoms with Gasteiger partial charge in [0, 0.05) is 6.42 Å². The van der Waals surface area contributed by atoms with Crippen molar-refractivity contribution in [1.29, 1.82) is 0 Å². The Morgan fingerprint density at radius 1 is 0.709 bits per heavy atom. The maximum Gasteiger partial charge on any atom is 0.397 e. The molecule has 0 aromatic heterocycles. The molecule has 6 N–H and O–H groups in total. The molecule has 0 saturated carbocycles. The highest BCUT2D eigenvalue weighted by atomic mass is 32.3. The first-order valence-corrected chi connectivity index (χ1v) is 23.4. The van der Waals surface area contributed by atoms with E-state index in [9.17, 15) is 33.6 Å². The fourth-order valence-electron chi connectivity index (χ4n) is 7.10. The molecule has 1 aliphatic rings. The highest BCUT2D eigenvalue weighted by molar-refractivity contribution is 7.80. The van der Waals surface area contributed by atoms with Crippen LogP contribution in [-0.2, 0) is 28.9 Å². The van der Waals surface area contributed by atoms with Gasteiger partial charge in [0.2, 0.25) is 5.91 Å². The van der Waals surface area contributed by atoms with Gasteiger partial charge in [-0.3, -0.25) is 9.35 Å². The molecule has 7 atom stereocenters. The average molecular weight is 808 g/mol. The molecule has 55 heavy (non-hydrogen) atoms. The summed E-state index contributed by atoms with van der Waals surface area (Å²) in [4.78, 5) is 12.9. The van der Waals surface area contributed by atoms with Crippen LogP contribution < -0.4 is 5.32 Å². The van der Waals surface area contributed by atoms with Gasteiger partial charge in [-0.05, 0) is 19.3 Å². The molecule has 1 aliphatic heterocycles.